The summed E-state index contributed by atoms with van der Waals surface area (Å²) in [6.45, 7) is 6.56. The Hall–Kier alpha value is -1.36. The third-order valence-electron chi connectivity index (χ3n) is 4.22. The maximum Gasteiger partial charge on any atom is 0.323 e. The highest BCUT2D eigenvalue weighted by Crippen LogP contribution is 2.26. The van der Waals surface area contributed by atoms with Gasteiger partial charge >= 0.3 is 5.97 Å². The van der Waals surface area contributed by atoms with Crippen LogP contribution in [-0.2, 0) is 16.1 Å². The summed E-state index contributed by atoms with van der Waals surface area (Å²) in [7, 11) is 0. The zero-order valence-electron chi connectivity index (χ0n) is 11.6. The molecule has 104 valence electrons. The fourth-order valence-electron chi connectivity index (χ4n) is 3.31. The zero-order chi connectivity index (χ0) is 13.4. The van der Waals surface area contributed by atoms with Crippen LogP contribution < -0.4 is 0 Å². The molecule has 19 heavy (non-hydrogen) atoms. The quantitative estimate of drug-likeness (QED) is 0.771. The van der Waals surface area contributed by atoms with Crippen molar-refractivity contribution in [2.75, 3.05) is 13.2 Å². The second-order valence-electron chi connectivity index (χ2n) is 5.62. The van der Waals surface area contributed by atoms with Gasteiger partial charge < -0.3 is 4.74 Å². The van der Waals surface area contributed by atoms with Crippen molar-refractivity contribution in [3.05, 3.63) is 17.5 Å². The van der Waals surface area contributed by atoms with Crippen LogP contribution in [-0.4, -0.2) is 45.9 Å². The first kappa shape index (κ1) is 12.7. The molecule has 3 heterocycles. The minimum absolute atomic E-state index is 0.0236. The Labute approximate surface area is 113 Å². The van der Waals surface area contributed by atoms with Crippen LogP contribution in [0, 0.1) is 13.8 Å². The van der Waals surface area contributed by atoms with Crippen LogP contribution in [0.4, 0.5) is 0 Å². The standard InChI is InChI=1S/C14H21N3O2/c1-10-8-11(2)17(15-10)9-12-4-3-6-16(12)13-5-7-19-14(13)18/h8,12-13H,3-7,9H2,1-2H3/t12-,13+/m0/s1. The van der Waals surface area contributed by atoms with Gasteiger partial charge in [-0.15, -0.1) is 0 Å². The number of likely N-dealkylation sites (tertiary alicyclic amines) is 1. The average Bonchev–Trinajstić information content (AvgIpc) is 3.02. The van der Waals surface area contributed by atoms with E-state index in [2.05, 4.69) is 27.7 Å². The summed E-state index contributed by atoms with van der Waals surface area (Å²) in [5.74, 6) is -0.0414. The third kappa shape index (κ3) is 2.39. The van der Waals surface area contributed by atoms with Crippen molar-refractivity contribution in [1.82, 2.24) is 14.7 Å². The van der Waals surface area contributed by atoms with E-state index >= 15 is 0 Å². The topological polar surface area (TPSA) is 47.4 Å². The summed E-state index contributed by atoms with van der Waals surface area (Å²) in [6, 6.07) is 2.49. The van der Waals surface area contributed by atoms with Gasteiger partial charge in [0.2, 0.25) is 0 Å². The molecule has 1 aromatic heterocycles. The molecule has 5 heteroatoms. The van der Waals surface area contributed by atoms with Gasteiger partial charge in [0.1, 0.15) is 6.04 Å². The molecule has 0 unspecified atom stereocenters. The van der Waals surface area contributed by atoms with Gasteiger partial charge in [0.25, 0.3) is 0 Å². The van der Waals surface area contributed by atoms with E-state index in [4.69, 9.17) is 4.74 Å². The van der Waals surface area contributed by atoms with E-state index in [-0.39, 0.29) is 12.0 Å². The Morgan fingerprint density at radius 3 is 2.89 bits per heavy atom. The lowest BCUT2D eigenvalue weighted by atomic mass is 10.1. The molecule has 0 radical (unpaired) electrons. The van der Waals surface area contributed by atoms with Crippen molar-refractivity contribution >= 4 is 5.97 Å². The lowest BCUT2D eigenvalue weighted by molar-refractivity contribution is -0.142. The molecule has 0 amide bonds. The molecule has 0 aliphatic carbocycles. The molecule has 0 saturated carbocycles. The molecule has 2 aliphatic heterocycles. The van der Waals surface area contributed by atoms with Crippen molar-refractivity contribution in [2.45, 2.75) is 51.7 Å². The second kappa shape index (κ2) is 4.96. The van der Waals surface area contributed by atoms with E-state index in [1.807, 2.05) is 6.92 Å². The van der Waals surface area contributed by atoms with E-state index in [1.165, 1.54) is 5.69 Å². The Balaban J connectivity index is 1.73. The lowest BCUT2D eigenvalue weighted by Gasteiger charge is -2.28. The van der Waals surface area contributed by atoms with Crippen LogP contribution in [0.5, 0.6) is 0 Å². The predicted octanol–water partition coefficient (Wildman–Crippen LogP) is 1.28. The average molecular weight is 263 g/mol. The maximum atomic E-state index is 11.7. The highest BCUT2D eigenvalue weighted by molar-refractivity contribution is 5.77. The molecule has 2 saturated heterocycles. The van der Waals surface area contributed by atoms with Gasteiger partial charge in [-0.25, -0.2) is 0 Å². The monoisotopic (exact) mass is 263 g/mol. The number of carbonyl (C=O) groups excluding carboxylic acids is 1. The molecule has 1 aromatic rings. The Morgan fingerprint density at radius 2 is 2.26 bits per heavy atom. The van der Waals surface area contributed by atoms with Crippen LogP contribution in [0.25, 0.3) is 0 Å². The number of hydrogen-bond donors (Lipinski definition) is 0. The first-order valence-electron chi connectivity index (χ1n) is 7.08. The van der Waals surface area contributed by atoms with Crippen LogP contribution in [0.1, 0.15) is 30.7 Å². The van der Waals surface area contributed by atoms with Crippen LogP contribution in [0.2, 0.25) is 0 Å². The highest BCUT2D eigenvalue weighted by atomic mass is 16.5. The second-order valence-corrected chi connectivity index (χ2v) is 5.62. The molecule has 0 N–H and O–H groups in total. The van der Waals surface area contributed by atoms with Gasteiger partial charge in [-0.1, -0.05) is 0 Å². The number of nitrogens with zero attached hydrogens (tertiary/aromatic N) is 3. The van der Waals surface area contributed by atoms with Crippen LogP contribution >= 0.6 is 0 Å². The fraction of sp³-hybridized carbons (Fsp3) is 0.714. The Morgan fingerprint density at radius 1 is 1.42 bits per heavy atom. The number of rotatable bonds is 3. The Bertz CT molecular complexity index is 483. The highest BCUT2D eigenvalue weighted by Gasteiger charge is 2.38. The van der Waals surface area contributed by atoms with E-state index in [9.17, 15) is 4.79 Å². The van der Waals surface area contributed by atoms with Gasteiger partial charge in [0.15, 0.2) is 0 Å². The van der Waals surface area contributed by atoms with Gasteiger partial charge in [-0.3, -0.25) is 14.4 Å². The molecular formula is C14H21N3O2. The lowest BCUT2D eigenvalue weighted by Crippen LogP contribution is -2.43. The van der Waals surface area contributed by atoms with Crippen molar-refractivity contribution in [3.63, 3.8) is 0 Å². The third-order valence-corrected chi connectivity index (χ3v) is 4.22. The van der Waals surface area contributed by atoms with E-state index in [0.29, 0.717) is 12.6 Å². The first-order valence-corrected chi connectivity index (χ1v) is 7.08. The largest absolute Gasteiger partial charge is 0.464 e. The summed E-state index contributed by atoms with van der Waals surface area (Å²) >= 11 is 0. The molecule has 2 atom stereocenters. The van der Waals surface area contributed by atoms with Crippen molar-refractivity contribution in [1.29, 1.82) is 0 Å². The summed E-state index contributed by atoms with van der Waals surface area (Å²) in [5, 5.41) is 4.53. The molecule has 0 bridgehead atoms. The summed E-state index contributed by atoms with van der Waals surface area (Å²) in [4.78, 5) is 14.1. The zero-order valence-corrected chi connectivity index (χ0v) is 11.6. The van der Waals surface area contributed by atoms with E-state index in [1.54, 1.807) is 0 Å². The van der Waals surface area contributed by atoms with Crippen molar-refractivity contribution in [2.24, 2.45) is 0 Å². The minimum Gasteiger partial charge on any atom is -0.464 e. The molecule has 3 rings (SSSR count). The fourth-order valence-corrected chi connectivity index (χ4v) is 3.31. The molecule has 5 nitrogen and oxygen atoms in total. The molecule has 0 aromatic carbocycles. The molecule has 0 spiro atoms. The molecular weight excluding hydrogens is 242 g/mol. The van der Waals surface area contributed by atoms with Gasteiger partial charge in [0.05, 0.1) is 18.8 Å². The SMILES string of the molecule is Cc1cc(C)n(C[C@@H]2CCCN2[C@@H]2CCOC2=O)n1. The van der Waals surface area contributed by atoms with Crippen LogP contribution in [0.15, 0.2) is 6.07 Å². The first-order chi connectivity index (χ1) is 9.15. The minimum atomic E-state index is -0.0414. The molecule has 2 fully saturated rings. The number of esters is 1. The van der Waals surface area contributed by atoms with Crippen molar-refractivity contribution in [3.8, 4) is 0 Å². The van der Waals surface area contributed by atoms with Gasteiger partial charge in [-0.05, 0) is 39.3 Å². The van der Waals surface area contributed by atoms with Gasteiger partial charge in [-0.2, -0.15) is 5.10 Å². The number of ether oxygens (including phenoxy) is 1. The van der Waals surface area contributed by atoms with Gasteiger partial charge in [0, 0.05) is 18.2 Å². The normalized spacial score (nSPS) is 28.0. The van der Waals surface area contributed by atoms with Crippen molar-refractivity contribution < 1.29 is 9.53 Å². The summed E-state index contributed by atoms with van der Waals surface area (Å²) in [5.41, 5.74) is 2.25. The van der Waals surface area contributed by atoms with E-state index < -0.39 is 0 Å². The number of hydrogen-bond acceptors (Lipinski definition) is 4. The number of cyclic esters (lactones) is 1. The van der Waals surface area contributed by atoms with E-state index in [0.717, 1.165) is 38.0 Å². The summed E-state index contributed by atoms with van der Waals surface area (Å²) in [6.07, 6.45) is 3.14. The number of carbonyl (C=O) groups is 1. The summed E-state index contributed by atoms with van der Waals surface area (Å²) < 4.78 is 7.17. The number of aryl methyl sites for hydroxylation is 2. The Kier molecular flexibility index (Phi) is 3.31. The smallest absolute Gasteiger partial charge is 0.323 e. The number of aromatic nitrogens is 2. The van der Waals surface area contributed by atoms with Crippen LogP contribution in [0.3, 0.4) is 0 Å². The molecule has 2 aliphatic rings. The predicted molar refractivity (Wildman–Crippen MR) is 70.8 cm³/mol. The maximum absolute atomic E-state index is 11.7.